The number of carbonyl (C=O) groups is 1. The van der Waals surface area contributed by atoms with Gasteiger partial charge in [-0.2, -0.15) is 0 Å². The molecule has 3 heteroatoms. The lowest BCUT2D eigenvalue weighted by Gasteiger charge is -2.16. The standard InChI is InChI=1S/C13H18N2O/c1-15(2)9-11-8-13(11,12(14)16)10-6-4-3-5-7-10/h3-7,11H,8-9H2,1-2H3,(H2,14,16). The first kappa shape index (κ1) is 11.1. The normalized spacial score (nSPS) is 28.1. The Bertz CT molecular complexity index is 388. The van der Waals surface area contributed by atoms with Crippen LogP contribution in [-0.4, -0.2) is 31.4 Å². The van der Waals surface area contributed by atoms with Gasteiger partial charge in [0.2, 0.25) is 5.91 Å². The second-order valence-corrected chi connectivity index (χ2v) is 4.86. The number of primary amides is 1. The van der Waals surface area contributed by atoms with Gasteiger partial charge in [-0.15, -0.1) is 0 Å². The SMILES string of the molecule is CN(C)CC1CC1(C(N)=O)c1ccccc1. The minimum absolute atomic E-state index is 0.189. The highest BCUT2D eigenvalue weighted by Gasteiger charge is 2.59. The number of rotatable bonds is 4. The van der Waals surface area contributed by atoms with E-state index >= 15 is 0 Å². The number of hydrogen-bond acceptors (Lipinski definition) is 2. The van der Waals surface area contributed by atoms with E-state index in [1.165, 1.54) is 0 Å². The van der Waals surface area contributed by atoms with Crippen molar-refractivity contribution < 1.29 is 4.79 Å². The molecule has 0 aliphatic heterocycles. The van der Waals surface area contributed by atoms with Crippen LogP contribution in [0, 0.1) is 5.92 Å². The Morgan fingerprint density at radius 3 is 2.56 bits per heavy atom. The second-order valence-electron chi connectivity index (χ2n) is 4.86. The maximum Gasteiger partial charge on any atom is 0.228 e. The molecule has 1 aliphatic carbocycles. The van der Waals surface area contributed by atoms with E-state index in [-0.39, 0.29) is 5.91 Å². The zero-order valence-corrected chi connectivity index (χ0v) is 9.81. The van der Waals surface area contributed by atoms with E-state index in [1.807, 2.05) is 44.4 Å². The van der Waals surface area contributed by atoms with E-state index in [0.29, 0.717) is 5.92 Å². The third kappa shape index (κ3) is 1.71. The van der Waals surface area contributed by atoms with E-state index in [0.717, 1.165) is 18.5 Å². The van der Waals surface area contributed by atoms with Crippen molar-refractivity contribution in [1.82, 2.24) is 4.90 Å². The Hall–Kier alpha value is -1.35. The van der Waals surface area contributed by atoms with Crippen molar-refractivity contribution in [2.24, 2.45) is 11.7 Å². The smallest absolute Gasteiger partial charge is 0.228 e. The van der Waals surface area contributed by atoms with E-state index in [9.17, 15) is 4.79 Å². The van der Waals surface area contributed by atoms with E-state index in [1.54, 1.807) is 0 Å². The number of benzene rings is 1. The molecule has 2 N–H and O–H groups in total. The van der Waals surface area contributed by atoms with Gasteiger partial charge in [0, 0.05) is 6.54 Å². The van der Waals surface area contributed by atoms with Crippen LogP contribution in [0.3, 0.4) is 0 Å². The zero-order valence-electron chi connectivity index (χ0n) is 9.81. The third-order valence-electron chi connectivity index (χ3n) is 3.42. The van der Waals surface area contributed by atoms with Crippen molar-refractivity contribution >= 4 is 5.91 Å². The van der Waals surface area contributed by atoms with Gasteiger partial charge in [0.05, 0.1) is 5.41 Å². The summed E-state index contributed by atoms with van der Waals surface area (Å²) in [5.74, 6) is 0.174. The van der Waals surface area contributed by atoms with Crippen LogP contribution in [-0.2, 0) is 10.2 Å². The molecule has 3 nitrogen and oxygen atoms in total. The molecule has 0 heterocycles. The average molecular weight is 218 g/mol. The molecular formula is C13H18N2O. The van der Waals surface area contributed by atoms with Gasteiger partial charge in [0.15, 0.2) is 0 Å². The molecule has 86 valence electrons. The molecule has 0 radical (unpaired) electrons. The summed E-state index contributed by atoms with van der Waals surface area (Å²) in [6.07, 6.45) is 0.879. The van der Waals surface area contributed by atoms with Crippen LogP contribution < -0.4 is 5.73 Å². The molecule has 16 heavy (non-hydrogen) atoms. The fourth-order valence-electron chi connectivity index (χ4n) is 2.52. The van der Waals surface area contributed by atoms with Gasteiger partial charge >= 0.3 is 0 Å². The fourth-order valence-corrected chi connectivity index (χ4v) is 2.52. The maximum atomic E-state index is 11.7. The van der Waals surface area contributed by atoms with Crippen molar-refractivity contribution in [2.75, 3.05) is 20.6 Å². The Morgan fingerprint density at radius 2 is 2.06 bits per heavy atom. The highest BCUT2D eigenvalue weighted by atomic mass is 16.1. The molecule has 1 aromatic carbocycles. The van der Waals surface area contributed by atoms with Gasteiger partial charge in [0.25, 0.3) is 0 Å². The first-order valence-electron chi connectivity index (χ1n) is 5.57. The van der Waals surface area contributed by atoms with Crippen LogP contribution in [0.15, 0.2) is 30.3 Å². The Labute approximate surface area is 96.2 Å². The lowest BCUT2D eigenvalue weighted by atomic mass is 9.92. The minimum Gasteiger partial charge on any atom is -0.369 e. The molecule has 2 atom stereocenters. The number of nitrogens with two attached hydrogens (primary N) is 1. The van der Waals surface area contributed by atoms with Crippen molar-refractivity contribution in [3.05, 3.63) is 35.9 Å². The van der Waals surface area contributed by atoms with Crippen LogP contribution in [0.5, 0.6) is 0 Å². The summed E-state index contributed by atoms with van der Waals surface area (Å²) < 4.78 is 0. The number of carbonyl (C=O) groups excluding carboxylic acids is 1. The lowest BCUT2D eigenvalue weighted by Crippen LogP contribution is -2.32. The molecule has 1 aromatic rings. The van der Waals surface area contributed by atoms with E-state index in [4.69, 9.17) is 5.73 Å². The molecule has 1 amide bonds. The molecule has 1 aliphatic rings. The van der Waals surface area contributed by atoms with E-state index in [2.05, 4.69) is 4.90 Å². The minimum atomic E-state index is -0.411. The van der Waals surface area contributed by atoms with Gasteiger partial charge in [0.1, 0.15) is 0 Å². The quantitative estimate of drug-likeness (QED) is 0.819. The van der Waals surface area contributed by atoms with Gasteiger partial charge < -0.3 is 10.6 Å². The summed E-state index contributed by atoms with van der Waals surface area (Å²) in [5.41, 5.74) is 6.23. The van der Waals surface area contributed by atoms with Gasteiger partial charge in [-0.25, -0.2) is 0 Å². The van der Waals surface area contributed by atoms with Crippen LogP contribution in [0.2, 0.25) is 0 Å². The van der Waals surface area contributed by atoms with Crippen LogP contribution in [0.25, 0.3) is 0 Å². The Balaban J connectivity index is 2.25. The number of nitrogens with zero attached hydrogens (tertiary/aromatic N) is 1. The summed E-state index contributed by atoms with van der Waals surface area (Å²) in [6.45, 7) is 0.915. The van der Waals surface area contributed by atoms with Crippen LogP contribution >= 0.6 is 0 Å². The summed E-state index contributed by atoms with van der Waals surface area (Å²) in [6, 6.07) is 9.89. The molecule has 2 unspecified atom stereocenters. The fraction of sp³-hybridized carbons (Fsp3) is 0.462. The molecule has 0 bridgehead atoms. The molecule has 0 saturated heterocycles. The van der Waals surface area contributed by atoms with Gasteiger partial charge in [-0.05, 0) is 32.0 Å². The summed E-state index contributed by atoms with van der Waals surface area (Å²) in [4.78, 5) is 13.8. The molecule has 0 spiro atoms. The summed E-state index contributed by atoms with van der Waals surface area (Å²) in [5, 5.41) is 0. The van der Waals surface area contributed by atoms with Crippen molar-refractivity contribution in [3.8, 4) is 0 Å². The first-order valence-corrected chi connectivity index (χ1v) is 5.57. The molecule has 1 saturated carbocycles. The van der Waals surface area contributed by atoms with Crippen molar-refractivity contribution in [3.63, 3.8) is 0 Å². The maximum absolute atomic E-state index is 11.7. The average Bonchev–Trinajstić information content (AvgIpc) is 2.94. The second kappa shape index (κ2) is 3.91. The molecule has 2 rings (SSSR count). The van der Waals surface area contributed by atoms with E-state index < -0.39 is 5.41 Å². The summed E-state index contributed by atoms with van der Waals surface area (Å²) >= 11 is 0. The Morgan fingerprint density at radius 1 is 1.44 bits per heavy atom. The predicted molar refractivity (Wildman–Crippen MR) is 64.0 cm³/mol. The van der Waals surface area contributed by atoms with Gasteiger partial charge in [-0.1, -0.05) is 30.3 Å². The molecule has 1 fully saturated rings. The number of hydrogen-bond donors (Lipinski definition) is 1. The number of amides is 1. The van der Waals surface area contributed by atoms with Crippen molar-refractivity contribution in [2.45, 2.75) is 11.8 Å². The topological polar surface area (TPSA) is 46.3 Å². The molecule has 0 aromatic heterocycles. The first-order chi connectivity index (χ1) is 7.57. The zero-order chi connectivity index (χ0) is 11.8. The van der Waals surface area contributed by atoms with Gasteiger partial charge in [-0.3, -0.25) is 4.79 Å². The van der Waals surface area contributed by atoms with Crippen molar-refractivity contribution in [1.29, 1.82) is 0 Å². The highest BCUT2D eigenvalue weighted by molar-refractivity contribution is 5.90. The highest BCUT2D eigenvalue weighted by Crippen LogP contribution is 2.54. The summed E-state index contributed by atoms with van der Waals surface area (Å²) in [7, 11) is 4.05. The van der Waals surface area contributed by atoms with Crippen LogP contribution in [0.4, 0.5) is 0 Å². The lowest BCUT2D eigenvalue weighted by molar-refractivity contribution is -0.120. The van der Waals surface area contributed by atoms with Crippen LogP contribution in [0.1, 0.15) is 12.0 Å². The Kier molecular flexibility index (Phi) is 2.72. The molecular weight excluding hydrogens is 200 g/mol. The monoisotopic (exact) mass is 218 g/mol. The third-order valence-corrected chi connectivity index (χ3v) is 3.42. The predicted octanol–water partition coefficient (Wildman–Crippen LogP) is 0.991. The largest absolute Gasteiger partial charge is 0.369 e.